The number of phenolic OH excluding ortho intramolecular Hbond substituents is 2. The van der Waals surface area contributed by atoms with Crippen molar-refractivity contribution in [1.29, 1.82) is 0 Å². The van der Waals surface area contributed by atoms with Crippen molar-refractivity contribution in [2.75, 3.05) is 20.3 Å². The molecule has 3 heterocycles. The number of rotatable bonds is 6. The summed E-state index contributed by atoms with van der Waals surface area (Å²) in [6, 6.07) is 5.07. The monoisotopic (exact) mass is 568 g/mol. The number of aliphatic hydroxyl groups is 6. The van der Waals surface area contributed by atoms with Gasteiger partial charge in [-0.2, -0.15) is 0 Å². The van der Waals surface area contributed by atoms with Crippen molar-refractivity contribution < 1.29 is 69.0 Å². The zero-order valence-electron chi connectivity index (χ0n) is 20.9. The summed E-state index contributed by atoms with van der Waals surface area (Å²) in [7, 11) is 1.34. The molecule has 0 radical (unpaired) electrons. The van der Waals surface area contributed by atoms with Crippen molar-refractivity contribution in [3.8, 4) is 23.0 Å². The Morgan fingerprint density at radius 2 is 1.60 bits per heavy atom. The lowest BCUT2D eigenvalue weighted by Gasteiger charge is -2.41. The van der Waals surface area contributed by atoms with Gasteiger partial charge in [0.1, 0.15) is 76.2 Å². The van der Waals surface area contributed by atoms with Gasteiger partial charge in [-0.15, -0.1) is 0 Å². The van der Waals surface area contributed by atoms with E-state index in [9.17, 15) is 45.6 Å². The smallest absolute Gasteiger partial charge is 0.229 e. The zero-order valence-corrected chi connectivity index (χ0v) is 20.9. The standard InChI is InChI=1S/C25H28O15/c1-35-8-4-12-15(20(31)16-11(38-12)3-2-9(26)17(16)28)13(5-8)39-25-23(34)21(32)19(30)14(40-25)7-37-24-22(33)18(29)10(27)6-36-24/h2-5,10,14,18-19,21-30,32-34H,6-7H2,1H3/t10-,14-,18+,19-,21+,22-,23-,24+,25-/m1/s1. The molecule has 15 heteroatoms. The lowest BCUT2D eigenvalue weighted by atomic mass is 9.99. The van der Waals surface area contributed by atoms with E-state index in [0.29, 0.717) is 0 Å². The van der Waals surface area contributed by atoms with E-state index < -0.39 is 78.8 Å². The molecule has 0 bridgehead atoms. The lowest BCUT2D eigenvalue weighted by Crippen LogP contribution is -2.61. The maximum Gasteiger partial charge on any atom is 0.229 e. The van der Waals surface area contributed by atoms with Crippen molar-refractivity contribution in [2.24, 2.45) is 0 Å². The number of ether oxygens (including phenoxy) is 5. The van der Waals surface area contributed by atoms with E-state index in [1.165, 1.54) is 25.3 Å². The summed E-state index contributed by atoms with van der Waals surface area (Å²) in [6.07, 6.45) is -14.3. The first-order valence-corrected chi connectivity index (χ1v) is 12.1. The Kier molecular flexibility index (Phi) is 7.75. The molecule has 0 aliphatic carbocycles. The number of benzene rings is 2. The number of methoxy groups -OCH3 is 1. The van der Waals surface area contributed by atoms with Crippen LogP contribution >= 0.6 is 0 Å². The molecule has 1 aromatic heterocycles. The number of hydrogen-bond donors (Lipinski definition) is 8. The molecule has 2 aliphatic heterocycles. The van der Waals surface area contributed by atoms with Crippen LogP contribution in [0.2, 0.25) is 0 Å². The third-order valence-electron chi connectivity index (χ3n) is 6.86. The molecule has 2 saturated heterocycles. The van der Waals surface area contributed by atoms with Crippen LogP contribution in [0.4, 0.5) is 0 Å². The van der Waals surface area contributed by atoms with Gasteiger partial charge in [0.05, 0.1) is 20.3 Å². The predicted molar refractivity (Wildman–Crippen MR) is 131 cm³/mol. The Labute approximate surface area is 224 Å². The minimum absolute atomic E-state index is 0.0353. The Morgan fingerprint density at radius 1 is 0.875 bits per heavy atom. The van der Waals surface area contributed by atoms with Crippen LogP contribution in [-0.4, -0.2) is 116 Å². The van der Waals surface area contributed by atoms with Gasteiger partial charge in [0, 0.05) is 12.1 Å². The summed E-state index contributed by atoms with van der Waals surface area (Å²) < 4.78 is 32.9. The van der Waals surface area contributed by atoms with E-state index in [0.717, 1.165) is 6.07 Å². The Hall–Kier alpha value is -3.25. The number of fused-ring (bicyclic) bond motifs is 2. The highest BCUT2D eigenvalue weighted by Gasteiger charge is 2.46. The average molecular weight is 568 g/mol. The fourth-order valence-corrected chi connectivity index (χ4v) is 4.58. The minimum atomic E-state index is -1.83. The Bertz CT molecular complexity index is 1440. The molecule has 40 heavy (non-hydrogen) atoms. The molecule has 3 aromatic rings. The molecular formula is C25H28O15. The summed E-state index contributed by atoms with van der Waals surface area (Å²) >= 11 is 0. The molecule has 9 atom stereocenters. The number of aliphatic hydroxyl groups excluding tert-OH is 6. The van der Waals surface area contributed by atoms with Gasteiger partial charge >= 0.3 is 0 Å². The van der Waals surface area contributed by atoms with E-state index in [2.05, 4.69) is 0 Å². The van der Waals surface area contributed by atoms with Crippen LogP contribution < -0.4 is 14.9 Å². The second kappa shape index (κ2) is 11.0. The van der Waals surface area contributed by atoms with Crippen molar-refractivity contribution in [2.45, 2.75) is 55.3 Å². The molecule has 2 aliphatic rings. The third kappa shape index (κ3) is 4.91. The van der Waals surface area contributed by atoms with Crippen LogP contribution in [0.15, 0.2) is 33.5 Å². The molecule has 0 spiro atoms. The maximum absolute atomic E-state index is 13.4. The van der Waals surface area contributed by atoms with Crippen molar-refractivity contribution >= 4 is 21.9 Å². The molecule has 2 fully saturated rings. The van der Waals surface area contributed by atoms with E-state index >= 15 is 0 Å². The number of hydrogen-bond acceptors (Lipinski definition) is 15. The first-order valence-electron chi connectivity index (χ1n) is 12.1. The minimum Gasteiger partial charge on any atom is -0.504 e. The van der Waals surface area contributed by atoms with Gasteiger partial charge in [-0.25, -0.2) is 0 Å². The molecular weight excluding hydrogens is 540 g/mol. The lowest BCUT2D eigenvalue weighted by molar-refractivity contribution is -0.307. The highest BCUT2D eigenvalue weighted by atomic mass is 16.7. The fraction of sp³-hybridized carbons (Fsp3) is 0.480. The van der Waals surface area contributed by atoms with Crippen LogP contribution in [0, 0.1) is 0 Å². The molecule has 15 nitrogen and oxygen atoms in total. The van der Waals surface area contributed by atoms with Crippen LogP contribution in [0.1, 0.15) is 0 Å². The van der Waals surface area contributed by atoms with E-state index in [1.807, 2.05) is 0 Å². The summed E-state index contributed by atoms with van der Waals surface area (Å²) in [4.78, 5) is 13.4. The summed E-state index contributed by atoms with van der Waals surface area (Å²) in [6.45, 7) is -0.855. The van der Waals surface area contributed by atoms with E-state index in [-0.39, 0.29) is 40.0 Å². The molecule has 0 unspecified atom stereocenters. The van der Waals surface area contributed by atoms with Gasteiger partial charge in [0.15, 0.2) is 17.8 Å². The van der Waals surface area contributed by atoms with Crippen LogP contribution in [0.25, 0.3) is 21.9 Å². The summed E-state index contributed by atoms with van der Waals surface area (Å²) in [5.41, 5.74) is -0.870. The SMILES string of the molecule is COc1cc(O[C@@H]2O[C@H](CO[C@@H]3OC[C@@H](O)[C@H](O)[C@H]3O)[C@@H](O)[C@H](O)[C@H]2O)c2c(=O)c3c(O)c(O)ccc3oc2c1. The molecule has 2 aromatic carbocycles. The Balaban J connectivity index is 1.45. The number of aromatic hydroxyl groups is 2. The van der Waals surface area contributed by atoms with Gasteiger partial charge in [0.2, 0.25) is 11.7 Å². The highest BCUT2D eigenvalue weighted by Crippen LogP contribution is 2.38. The van der Waals surface area contributed by atoms with Crippen LogP contribution in [0.3, 0.4) is 0 Å². The quantitative estimate of drug-likeness (QED) is 0.119. The summed E-state index contributed by atoms with van der Waals surface area (Å²) in [5.74, 6) is -1.36. The zero-order chi connectivity index (χ0) is 28.9. The third-order valence-corrected chi connectivity index (χ3v) is 6.86. The second-order valence-corrected chi connectivity index (χ2v) is 9.45. The summed E-state index contributed by atoms with van der Waals surface area (Å²) in [5, 5.41) is 80.6. The molecule has 8 N–H and O–H groups in total. The van der Waals surface area contributed by atoms with Crippen molar-refractivity contribution in [3.63, 3.8) is 0 Å². The normalized spacial score (nSPS) is 32.8. The average Bonchev–Trinajstić information content (AvgIpc) is 2.93. The molecule has 0 amide bonds. The second-order valence-electron chi connectivity index (χ2n) is 9.45. The number of phenols is 2. The van der Waals surface area contributed by atoms with Crippen molar-refractivity contribution in [3.05, 3.63) is 34.5 Å². The molecule has 218 valence electrons. The van der Waals surface area contributed by atoms with Gasteiger partial charge in [0.25, 0.3) is 0 Å². The van der Waals surface area contributed by atoms with Gasteiger partial charge in [-0.05, 0) is 12.1 Å². The fourth-order valence-electron chi connectivity index (χ4n) is 4.58. The van der Waals surface area contributed by atoms with Gasteiger partial charge < -0.3 is 69.0 Å². The first-order chi connectivity index (χ1) is 19.0. The molecule has 0 saturated carbocycles. The Morgan fingerprint density at radius 3 is 2.33 bits per heavy atom. The van der Waals surface area contributed by atoms with Crippen LogP contribution in [-0.2, 0) is 14.2 Å². The van der Waals surface area contributed by atoms with E-state index in [1.54, 1.807) is 0 Å². The van der Waals surface area contributed by atoms with E-state index in [4.69, 9.17) is 28.1 Å². The van der Waals surface area contributed by atoms with Crippen LogP contribution in [0.5, 0.6) is 23.0 Å². The maximum atomic E-state index is 13.4. The van der Waals surface area contributed by atoms with Gasteiger partial charge in [-0.1, -0.05) is 0 Å². The van der Waals surface area contributed by atoms with Crippen molar-refractivity contribution in [1.82, 2.24) is 0 Å². The topological polar surface area (TPSA) is 238 Å². The van der Waals surface area contributed by atoms with Gasteiger partial charge in [-0.3, -0.25) is 4.79 Å². The highest BCUT2D eigenvalue weighted by molar-refractivity contribution is 5.97. The largest absolute Gasteiger partial charge is 0.504 e. The predicted octanol–water partition coefficient (Wildman–Crippen LogP) is -1.99. The first kappa shape index (κ1) is 28.3. The molecule has 5 rings (SSSR count).